The third kappa shape index (κ3) is 28.7. The van der Waals surface area contributed by atoms with Crippen molar-refractivity contribution >= 4 is 70.9 Å². The van der Waals surface area contributed by atoms with Crippen molar-refractivity contribution in [1.29, 1.82) is 0 Å². The van der Waals surface area contributed by atoms with Crippen LogP contribution in [0.15, 0.2) is 6.20 Å². The fraction of sp³-hybridized carbons (Fsp3) is 0.867. The van der Waals surface area contributed by atoms with Gasteiger partial charge in [-0.1, -0.05) is 85.1 Å². The molecule has 0 aliphatic carbocycles. The Kier molecular flexibility index (Phi) is 27.0. The van der Waals surface area contributed by atoms with Gasteiger partial charge in [0.2, 0.25) is 0 Å². The van der Waals surface area contributed by atoms with Crippen molar-refractivity contribution in [3.8, 4) is 0 Å². The van der Waals surface area contributed by atoms with E-state index in [9.17, 15) is 19.2 Å². The first-order valence-corrected chi connectivity index (χ1v) is 25.3. The maximum atomic E-state index is 12.8. The normalized spacial score (nSPS) is 15.0. The second-order valence-electron chi connectivity index (χ2n) is 21.0. The van der Waals surface area contributed by atoms with Crippen LogP contribution in [0.2, 0.25) is 11.6 Å². The van der Waals surface area contributed by atoms with Gasteiger partial charge in [0.25, 0.3) is 0 Å². The molecule has 0 aromatic carbocycles. The van der Waals surface area contributed by atoms with Crippen LogP contribution < -0.4 is 0 Å². The average Bonchev–Trinajstić information content (AvgIpc) is 3.65. The van der Waals surface area contributed by atoms with E-state index in [2.05, 4.69) is 74.5 Å². The summed E-state index contributed by atoms with van der Waals surface area (Å²) in [6, 6.07) is 0. The zero-order chi connectivity index (χ0) is 48.8. The molecule has 4 unspecified atom stereocenters. The number of hydrogen-bond acceptors (Lipinski definition) is 15. The predicted molar refractivity (Wildman–Crippen MR) is 267 cm³/mol. The van der Waals surface area contributed by atoms with Crippen molar-refractivity contribution in [2.75, 3.05) is 64.7 Å². The highest BCUT2D eigenvalue weighted by Gasteiger charge is 2.29. The van der Waals surface area contributed by atoms with Gasteiger partial charge in [0.1, 0.15) is 50.0 Å². The second-order valence-corrected chi connectivity index (χ2v) is 24.4. The van der Waals surface area contributed by atoms with Gasteiger partial charge >= 0.3 is 23.9 Å². The topological polar surface area (TPSA) is 158 Å². The molecule has 1 heterocycles. The Labute approximate surface area is 398 Å². The van der Waals surface area contributed by atoms with E-state index in [1.165, 1.54) is 0 Å². The largest absolute Gasteiger partial charge is 0.462 e. The molecule has 0 fully saturated rings. The van der Waals surface area contributed by atoms with Gasteiger partial charge in [-0.3, -0.25) is 28.8 Å². The molecule has 1 aromatic rings. The number of ether oxygens (including phenoxy) is 6. The highest BCUT2D eigenvalue weighted by molar-refractivity contribution is 8.00. The Hall–Kier alpha value is -2.21. The number of carbonyl (C=O) groups is 4. The minimum atomic E-state index is -0.454. The van der Waals surface area contributed by atoms with Crippen molar-refractivity contribution in [2.45, 2.75) is 167 Å². The molecule has 4 atom stereocenters. The van der Waals surface area contributed by atoms with Crippen LogP contribution in [-0.4, -0.2) is 153 Å². The summed E-state index contributed by atoms with van der Waals surface area (Å²) in [6.07, 6.45) is 6.63. The molecule has 0 aliphatic rings. The summed E-state index contributed by atoms with van der Waals surface area (Å²) in [5.41, 5.74) is 0.0238. The van der Waals surface area contributed by atoms with E-state index >= 15 is 0 Å². The molecular weight excluding hydrogens is 853 g/mol. The predicted octanol–water partition coefficient (Wildman–Crippen LogP) is 5.20. The summed E-state index contributed by atoms with van der Waals surface area (Å²) in [6.45, 7) is 27.2. The fourth-order valence-corrected chi connectivity index (χ4v) is 9.49. The van der Waals surface area contributed by atoms with Crippen molar-refractivity contribution in [3.63, 3.8) is 0 Å². The number of thioether (sulfide) groups is 2. The SMILES string of the molecule is BCC(C)CC(C)(C)SCC(C)C(=O)OCCOC(=O)CCN(CCC(=O)OCCOC(=O)C(C)CSC(C)(C)CC(B)(C)C)Cc1cn(CCC(B)(C)OCCC(C)(C)OC)nn1. The van der Waals surface area contributed by atoms with Crippen LogP contribution in [0.4, 0.5) is 0 Å². The Bertz CT molecular complexity index is 1540. The minimum Gasteiger partial charge on any atom is -0.462 e. The summed E-state index contributed by atoms with van der Waals surface area (Å²) in [5, 5.41) is 8.87. The number of aryl methyl sites for hydroxylation is 1. The van der Waals surface area contributed by atoms with Crippen LogP contribution in [0.1, 0.15) is 127 Å². The molecular formula is C45H85B3N4O10S2. The van der Waals surface area contributed by atoms with Gasteiger partial charge in [0.15, 0.2) is 0 Å². The smallest absolute Gasteiger partial charge is 0.309 e. The van der Waals surface area contributed by atoms with Crippen molar-refractivity contribution in [1.82, 2.24) is 19.9 Å². The Morgan fingerprint density at radius 1 is 0.750 bits per heavy atom. The molecule has 0 saturated carbocycles. The molecule has 366 valence electrons. The summed E-state index contributed by atoms with van der Waals surface area (Å²) in [7, 11) is 8.15. The molecule has 0 aliphatic heterocycles. The molecule has 0 radical (unpaired) electrons. The Morgan fingerprint density at radius 2 is 1.25 bits per heavy atom. The lowest BCUT2D eigenvalue weighted by molar-refractivity contribution is -0.154. The monoisotopic (exact) mass is 939 g/mol. The number of hydrogen-bond donors (Lipinski definition) is 0. The number of esters is 4. The van der Waals surface area contributed by atoms with Crippen LogP contribution in [0.5, 0.6) is 0 Å². The van der Waals surface area contributed by atoms with Gasteiger partial charge in [-0.15, -0.1) is 5.10 Å². The first kappa shape index (κ1) is 59.8. The van der Waals surface area contributed by atoms with E-state index in [-0.39, 0.29) is 102 Å². The van der Waals surface area contributed by atoms with E-state index in [1.54, 1.807) is 35.3 Å². The van der Waals surface area contributed by atoms with Gasteiger partial charge in [0, 0.05) is 72.6 Å². The van der Waals surface area contributed by atoms with Crippen molar-refractivity contribution in [2.24, 2.45) is 17.8 Å². The van der Waals surface area contributed by atoms with Gasteiger partial charge in [0.05, 0.1) is 36.0 Å². The minimum absolute atomic E-state index is 0.0235. The van der Waals surface area contributed by atoms with E-state index in [0.717, 1.165) is 25.6 Å². The van der Waals surface area contributed by atoms with E-state index < -0.39 is 11.9 Å². The van der Waals surface area contributed by atoms with E-state index in [4.69, 9.17) is 28.4 Å². The summed E-state index contributed by atoms with van der Waals surface area (Å²) in [4.78, 5) is 52.8. The molecule has 0 spiro atoms. The third-order valence-electron chi connectivity index (χ3n) is 10.9. The Morgan fingerprint density at radius 3 is 1.73 bits per heavy atom. The lowest BCUT2D eigenvalue weighted by Crippen LogP contribution is -2.34. The lowest BCUT2D eigenvalue weighted by Gasteiger charge is -2.32. The zero-order valence-corrected chi connectivity index (χ0v) is 44.4. The molecule has 1 rings (SSSR count). The Balaban J connectivity index is 2.73. The quantitative estimate of drug-likeness (QED) is 0.0379. The van der Waals surface area contributed by atoms with Crippen LogP contribution in [-0.2, 0) is 60.7 Å². The molecule has 19 heteroatoms. The molecule has 0 bridgehead atoms. The molecule has 1 aromatic heterocycles. The number of rotatable bonds is 35. The van der Waals surface area contributed by atoms with Crippen molar-refractivity contribution < 1.29 is 47.6 Å². The first-order chi connectivity index (χ1) is 29.6. The van der Waals surface area contributed by atoms with Crippen LogP contribution in [0.3, 0.4) is 0 Å². The fourth-order valence-electron chi connectivity index (χ4n) is 6.88. The number of aromatic nitrogens is 3. The number of methoxy groups -OCH3 is 1. The third-order valence-corrected chi connectivity index (χ3v) is 14.1. The number of nitrogens with zero attached hydrogens (tertiary/aromatic N) is 4. The van der Waals surface area contributed by atoms with Crippen LogP contribution in [0.25, 0.3) is 0 Å². The summed E-state index contributed by atoms with van der Waals surface area (Å²) >= 11 is 3.54. The van der Waals surface area contributed by atoms with Gasteiger partial charge in [-0.2, -0.15) is 23.5 Å². The first-order valence-electron chi connectivity index (χ1n) is 23.3. The van der Waals surface area contributed by atoms with E-state index in [0.29, 0.717) is 49.2 Å². The van der Waals surface area contributed by atoms with Gasteiger partial charge in [-0.25, -0.2) is 0 Å². The zero-order valence-electron chi connectivity index (χ0n) is 42.7. The summed E-state index contributed by atoms with van der Waals surface area (Å²) in [5.74, 6) is -0.191. The number of carbonyl (C=O) groups excluding carboxylic acids is 4. The van der Waals surface area contributed by atoms with Gasteiger partial charge in [-0.05, 0) is 46.5 Å². The maximum absolute atomic E-state index is 12.8. The molecule has 0 N–H and O–H groups in total. The lowest BCUT2D eigenvalue weighted by atomic mass is 9.67. The van der Waals surface area contributed by atoms with Crippen LogP contribution >= 0.6 is 23.5 Å². The van der Waals surface area contributed by atoms with Crippen LogP contribution in [0, 0.1) is 17.8 Å². The van der Waals surface area contributed by atoms with E-state index in [1.807, 2.05) is 53.6 Å². The van der Waals surface area contributed by atoms with Crippen molar-refractivity contribution in [3.05, 3.63) is 11.9 Å². The maximum Gasteiger partial charge on any atom is 0.309 e. The molecule has 64 heavy (non-hydrogen) atoms. The van der Waals surface area contributed by atoms with Gasteiger partial charge < -0.3 is 28.4 Å². The highest BCUT2D eigenvalue weighted by Crippen LogP contribution is 2.40. The summed E-state index contributed by atoms with van der Waals surface area (Å²) < 4.78 is 35.2. The standard InChI is InChI=1S/C45H85B3N4O10S2/c1-33(27-46)26-43(8,9)63-30-34(2)39(55)60-24-22-58-37(53)14-18-51(28-36-29-52(50-49-36)20-16-45(12,48)62-21-17-42(6,7)57-13)19-15-38(54)59-23-25-61-40(56)35(3)31-64-44(10,11)32-41(4,5)47/h29,33-35H,14-28,30-32,46-48H2,1-13H3. The molecule has 14 nitrogen and oxygen atoms in total. The second kappa shape index (κ2) is 28.9. The molecule has 0 saturated heterocycles. The highest BCUT2D eigenvalue weighted by atomic mass is 32.2. The molecule has 0 amide bonds. The average molecular weight is 939 g/mol.